The first kappa shape index (κ1) is 17.7. The van der Waals surface area contributed by atoms with Crippen molar-refractivity contribution in [2.24, 2.45) is 0 Å². The number of hydrogen-bond acceptors (Lipinski definition) is 4. The predicted molar refractivity (Wildman–Crippen MR) is 69.9 cm³/mol. The van der Waals surface area contributed by atoms with Crippen LogP contribution in [-0.4, -0.2) is 31.2 Å². The van der Waals surface area contributed by atoms with Crippen LogP contribution in [0.3, 0.4) is 0 Å². The highest BCUT2D eigenvalue weighted by atomic mass is 19.4. The van der Waals surface area contributed by atoms with Crippen LogP contribution in [0.5, 0.6) is 5.75 Å². The van der Waals surface area contributed by atoms with Gasteiger partial charge in [0.25, 0.3) is 0 Å². The summed E-state index contributed by atoms with van der Waals surface area (Å²) in [5.74, 6) is -0.316. The molecule has 0 saturated carbocycles. The number of halogens is 3. The van der Waals surface area contributed by atoms with Crippen molar-refractivity contribution in [1.82, 2.24) is 0 Å². The Kier molecular flexibility index (Phi) is 6.94. The van der Waals surface area contributed by atoms with E-state index < -0.39 is 24.6 Å². The summed E-state index contributed by atoms with van der Waals surface area (Å²) in [4.78, 5) is 0. The van der Waals surface area contributed by atoms with E-state index in [2.05, 4.69) is 0 Å². The molecule has 0 fully saturated rings. The van der Waals surface area contributed by atoms with E-state index in [1.54, 1.807) is 13.8 Å². The lowest BCUT2D eigenvalue weighted by Crippen LogP contribution is -2.26. The molecule has 0 heterocycles. The van der Waals surface area contributed by atoms with Gasteiger partial charge in [-0.15, -0.1) is 0 Å². The first-order valence-electron chi connectivity index (χ1n) is 6.59. The molecule has 0 aromatic heterocycles. The van der Waals surface area contributed by atoms with Crippen molar-refractivity contribution in [3.63, 3.8) is 0 Å². The van der Waals surface area contributed by atoms with Crippen LogP contribution >= 0.6 is 0 Å². The van der Waals surface area contributed by atoms with Crippen LogP contribution in [0.2, 0.25) is 0 Å². The molecule has 0 atom stereocenters. The van der Waals surface area contributed by atoms with Crippen LogP contribution in [-0.2, 0) is 22.3 Å². The summed E-state index contributed by atoms with van der Waals surface area (Å²) in [6.07, 6.45) is -5.29. The normalized spacial score (nSPS) is 12.0. The minimum Gasteiger partial charge on any atom is -0.488 e. The Morgan fingerprint density at radius 2 is 1.76 bits per heavy atom. The van der Waals surface area contributed by atoms with Crippen molar-refractivity contribution in [2.75, 3.05) is 19.8 Å². The van der Waals surface area contributed by atoms with Gasteiger partial charge in [-0.25, -0.2) is 0 Å². The van der Waals surface area contributed by atoms with Gasteiger partial charge >= 0.3 is 6.18 Å². The average Bonchev–Trinajstić information content (AvgIpc) is 2.44. The largest absolute Gasteiger partial charge is 0.488 e. The molecule has 0 radical (unpaired) electrons. The molecule has 0 aliphatic heterocycles. The zero-order valence-electron chi connectivity index (χ0n) is 11.9. The summed E-state index contributed by atoms with van der Waals surface area (Å²) < 4.78 is 54.5. The van der Waals surface area contributed by atoms with Crippen LogP contribution in [0.15, 0.2) is 18.2 Å². The first-order chi connectivity index (χ1) is 9.92. The molecule has 0 unspecified atom stereocenters. The van der Waals surface area contributed by atoms with Crippen LogP contribution < -0.4 is 4.74 Å². The second kappa shape index (κ2) is 8.21. The lowest BCUT2D eigenvalue weighted by atomic mass is 10.1. The van der Waals surface area contributed by atoms with Crippen LogP contribution in [0.25, 0.3) is 0 Å². The Balaban J connectivity index is 2.86. The summed E-state index contributed by atoms with van der Waals surface area (Å²) in [6.45, 7) is 3.62. The van der Waals surface area contributed by atoms with Gasteiger partial charge in [-0.3, -0.25) is 0 Å². The Bertz CT molecular complexity index is 429. The summed E-state index contributed by atoms with van der Waals surface area (Å²) >= 11 is 0. The fraction of sp³-hybridized carbons (Fsp3) is 0.571. The van der Waals surface area contributed by atoms with Gasteiger partial charge in [0.1, 0.15) is 12.4 Å². The molecule has 0 aliphatic carbocycles. The van der Waals surface area contributed by atoms with E-state index in [4.69, 9.17) is 19.3 Å². The van der Waals surface area contributed by atoms with Gasteiger partial charge in [-0.1, -0.05) is 6.07 Å². The van der Waals surface area contributed by atoms with Gasteiger partial charge in [0.05, 0.1) is 12.2 Å². The van der Waals surface area contributed by atoms with Gasteiger partial charge in [0.2, 0.25) is 0 Å². The number of aliphatic hydroxyl groups is 1. The van der Waals surface area contributed by atoms with E-state index in [9.17, 15) is 13.2 Å². The van der Waals surface area contributed by atoms with E-state index in [0.717, 1.165) is 6.07 Å². The van der Waals surface area contributed by atoms with Crippen LogP contribution in [0.4, 0.5) is 13.2 Å². The zero-order valence-corrected chi connectivity index (χ0v) is 11.9. The Morgan fingerprint density at radius 1 is 1.14 bits per heavy atom. The summed E-state index contributed by atoms with van der Waals surface area (Å²) in [5, 5.41) is 8.93. The molecule has 0 bridgehead atoms. The van der Waals surface area contributed by atoms with Gasteiger partial charge in [-0.05, 0) is 31.5 Å². The summed E-state index contributed by atoms with van der Waals surface area (Å²) in [6, 6.07) is 3.43. The fourth-order valence-electron chi connectivity index (χ4n) is 1.70. The number of ether oxygens (including phenoxy) is 3. The molecule has 0 spiro atoms. The molecular weight excluding hydrogens is 289 g/mol. The maximum Gasteiger partial charge on any atom is 0.419 e. The highest BCUT2D eigenvalue weighted by molar-refractivity contribution is 5.39. The number of hydrogen-bond donors (Lipinski definition) is 1. The number of aliphatic hydroxyl groups excluding tert-OH is 1. The average molecular weight is 308 g/mol. The highest BCUT2D eigenvalue weighted by Gasteiger charge is 2.34. The minimum atomic E-state index is -4.56. The zero-order chi connectivity index (χ0) is 15.9. The maximum atomic E-state index is 13.0. The topological polar surface area (TPSA) is 47.9 Å². The quantitative estimate of drug-likeness (QED) is 0.750. The SMILES string of the molecule is CCOC(COc1ccc(CO)cc1C(F)(F)F)OCC. The second-order valence-corrected chi connectivity index (χ2v) is 4.14. The molecule has 120 valence electrons. The molecule has 1 N–H and O–H groups in total. The van der Waals surface area contributed by atoms with E-state index in [0.29, 0.717) is 13.2 Å². The van der Waals surface area contributed by atoms with E-state index in [-0.39, 0.29) is 17.9 Å². The molecule has 1 aromatic carbocycles. The van der Waals surface area contributed by atoms with Gasteiger partial charge in [-0.2, -0.15) is 13.2 Å². The standard InChI is InChI=1S/C14H19F3O4/c1-3-19-13(20-4-2)9-21-12-6-5-10(8-18)7-11(12)14(15,16)17/h5-7,13,18H,3-4,8-9H2,1-2H3. The Morgan fingerprint density at radius 3 is 2.24 bits per heavy atom. The predicted octanol–water partition coefficient (Wildman–Crippen LogP) is 2.98. The van der Waals surface area contributed by atoms with E-state index in [1.165, 1.54) is 12.1 Å². The summed E-state index contributed by atoms with van der Waals surface area (Å²) in [5.41, 5.74) is -0.762. The molecule has 1 rings (SSSR count). The van der Waals surface area contributed by atoms with Crippen LogP contribution in [0, 0.1) is 0 Å². The van der Waals surface area contributed by atoms with Crippen molar-refractivity contribution >= 4 is 0 Å². The van der Waals surface area contributed by atoms with Gasteiger partial charge in [0, 0.05) is 13.2 Å². The third kappa shape index (κ3) is 5.53. The molecule has 7 heteroatoms. The minimum absolute atomic E-state index is 0.150. The number of rotatable bonds is 8. The monoisotopic (exact) mass is 308 g/mol. The number of alkyl halides is 3. The van der Waals surface area contributed by atoms with Crippen molar-refractivity contribution in [3.8, 4) is 5.75 Å². The molecule has 0 saturated heterocycles. The van der Waals surface area contributed by atoms with Gasteiger partial charge in [0.15, 0.2) is 6.29 Å². The molecule has 4 nitrogen and oxygen atoms in total. The molecule has 21 heavy (non-hydrogen) atoms. The fourth-order valence-corrected chi connectivity index (χ4v) is 1.70. The smallest absolute Gasteiger partial charge is 0.419 e. The first-order valence-corrected chi connectivity index (χ1v) is 6.59. The van der Waals surface area contributed by atoms with Crippen molar-refractivity contribution < 1.29 is 32.5 Å². The second-order valence-electron chi connectivity index (χ2n) is 4.14. The van der Waals surface area contributed by atoms with Gasteiger partial charge < -0.3 is 19.3 Å². The molecule has 1 aromatic rings. The lowest BCUT2D eigenvalue weighted by molar-refractivity contribution is -0.156. The molecule has 0 amide bonds. The van der Waals surface area contributed by atoms with Crippen molar-refractivity contribution in [1.29, 1.82) is 0 Å². The van der Waals surface area contributed by atoms with E-state index in [1.807, 2.05) is 0 Å². The molecular formula is C14H19F3O4. The van der Waals surface area contributed by atoms with E-state index >= 15 is 0 Å². The highest BCUT2D eigenvalue weighted by Crippen LogP contribution is 2.37. The lowest BCUT2D eigenvalue weighted by Gasteiger charge is -2.20. The van der Waals surface area contributed by atoms with Crippen molar-refractivity contribution in [2.45, 2.75) is 32.9 Å². The molecule has 0 aliphatic rings. The third-order valence-electron chi connectivity index (χ3n) is 2.61. The Hall–Kier alpha value is -1.31. The maximum absolute atomic E-state index is 13.0. The number of benzene rings is 1. The third-order valence-corrected chi connectivity index (χ3v) is 2.61. The Labute approximate surface area is 121 Å². The summed E-state index contributed by atoms with van der Waals surface area (Å²) in [7, 11) is 0. The van der Waals surface area contributed by atoms with Crippen molar-refractivity contribution in [3.05, 3.63) is 29.3 Å². The van der Waals surface area contributed by atoms with Crippen LogP contribution in [0.1, 0.15) is 25.0 Å².